The summed E-state index contributed by atoms with van der Waals surface area (Å²) in [7, 11) is 3.18. The Morgan fingerprint density at radius 3 is 2.63 bits per heavy atom. The minimum Gasteiger partial charge on any atom is -0.504 e. The van der Waals surface area contributed by atoms with Crippen molar-refractivity contribution in [2.24, 2.45) is 5.73 Å². The molecule has 0 amide bonds. The second kappa shape index (κ2) is 12.4. The van der Waals surface area contributed by atoms with E-state index in [1.807, 2.05) is 32.0 Å². The molecule has 6 N–H and O–H groups in total. The molecule has 8 aliphatic rings. The van der Waals surface area contributed by atoms with E-state index in [9.17, 15) is 15.0 Å². The summed E-state index contributed by atoms with van der Waals surface area (Å²) < 4.78 is 36.6. The summed E-state index contributed by atoms with van der Waals surface area (Å²) in [5, 5.41) is 29.4. The van der Waals surface area contributed by atoms with E-state index in [2.05, 4.69) is 33.1 Å². The maximum absolute atomic E-state index is 15.2. The highest BCUT2D eigenvalue weighted by molar-refractivity contribution is 7.99. The molecule has 3 fully saturated rings. The van der Waals surface area contributed by atoms with Crippen LogP contribution in [0.25, 0.3) is 10.9 Å². The molecule has 4 aromatic rings. The number of aromatic amines is 1. The van der Waals surface area contributed by atoms with Gasteiger partial charge in [-0.25, -0.2) is 4.79 Å². The number of aromatic hydroxyl groups is 1. The third kappa shape index (κ3) is 4.67. The number of benzene rings is 3. The Bertz CT molecular complexity index is 2550. The number of thioether (sulfide) groups is 1. The fourth-order valence-electron chi connectivity index (χ4n) is 12.0. The van der Waals surface area contributed by atoms with Gasteiger partial charge in [-0.3, -0.25) is 19.9 Å². The number of carbonyl (C=O) groups excluding carboxylic acids is 2. The molecule has 1 aromatic heterocycles. The first kappa shape index (κ1) is 37.3. The predicted molar refractivity (Wildman–Crippen MR) is 215 cm³/mol. The number of nitrogens with one attached hydrogen (secondary N) is 2. The smallest absolute Gasteiger partial charge is 0.333 e. The predicted octanol–water partition coefficient (Wildman–Crippen LogP) is 3.96. The van der Waals surface area contributed by atoms with Gasteiger partial charge < -0.3 is 49.4 Å². The molecular formula is C43H47N5O10S. The van der Waals surface area contributed by atoms with Crippen molar-refractivity contribution in [3.05, 3.63) is 68.9 Å². The first-order valence-electron chi connectivity index (χ1n) is 20.1. The lowest BCUT2D eigenvalue weighted by Crippen LogP contribution is -2.68. The number of phenols is 1. The van der Waals surface area contributed by atoms with E-state index in [1.54, 1.807) is 14.2 Å². The van der Waals surface area contributed by atoms with Crippen molar-refractivity contribution in [1.29, 1.82) is 0 Å². The highest BCUT2D eigenvalue weighted by Crippen LogP contribution is 2.71. The summed E-state index contributed by atoms with van der Waals surface area (Å²) in [6.45, 7) is 7.56. The zero-order valence-corrected chi connectivity index (χ0v) is 34.5. The Morgan fingerprint density at radius 1 is 1.08 bits per heavy atom. The molecule has 8 atom stereocenters. The molecule has 0 aliphatic carbocycles. The monoisotopic (exact) mass is 825 g/mol. The first-order valence-corrected chi connectivity index (χ1v) is 21.1. The van der Waals surface area contributed by atoms with E-state index in [4.69, 9.17) is 34.2 Å². The molecule has 59 heavy (non-hydrogen) atoms. The number of hydrogen-bond donors (Lipinski definition) is 5. The van der Waals surface area contributed by atoms with E-state index in [1.165, 1.54) is 18.7 Å². The summed E-state index contributed by atoms with van der Waals surface area (Å²) in [6, 6.07) is 5.82. The number of hydrogen-bond acceptors (Lipinski definition) is 15. The molecule has 8 aliphatic heterocycles. The second-order valence-corrected chi connectivity index (χ2v) is 18.4. The molecule has 12 rings (SSSR count). The Hall–Kier alpha value is -4.71. The van der Waals surface area contributed by atoms with Crippen LogP contribution in [0.4, 0.5) is 0 Å². The number of nitrogens with two attached hydrogens (primary N) is 1. The van der Waals surface area contributed by atoms with Crippen molar-refractivity contribution in [3.8, 4) is 34.5 Å². The Morgan fingerprint density at radius 2 is 1.88 bits per heavy atom. The molecule has 3 saturated heterocycles. The number of esters is 2. The molecule has 0 radical (unpaired) electrons. The summed E-state index contributed by atoms with van der Waals surface area (Å²) in [5.74, 6) is 1.59. The van der Waals surface area contributed by atoms with Gasteiger partial charge in [-0.2, -0.15) is 0 Å². The normalized spacial score (nSPS) is 32.4. The van der Waals surface area contributed by atoms with Crippen LogP contribution in [-0.2, 0) is 31.8 Å². The molecule has 1 spiro atoms. The SMILES string of the molecule is COc1ccc2[nH]c3c(c2c1)C[C@H](CN)N[C@]31CS[C@@H]2c3c(OC(C)=O)c(C)c4c(c3[C@H](COC1=O)N1[C@@H]2[C@H]2c3c(cc(C)c(OC)c3O)C3(C)CC1(O)CN23)OCO4. The fraction of sp³-hybridized carbons (Fsp3) is 0.488. The third-order valence-electron chi connectivity index (χ3n) is 14.2. The lowest BCUT2D eigenvalue weighted by atomic mass is 9.75. The standard InChI is InChI=1S/C43H47N5O10S/c1-18-9-25-28(33(50)34(18)54-6)31-32-38-30-29(37-36(56-17-57-37)19(2)35(30)58-20(3)49)27(48(32)42(52)14-41(25,4)47(31)15-42)13-55-40(51)43(16-59-38)39-24(10-21(12-44)46-43)23-11-22(53-5)7-8-26(23)45-39/h7-9,11,21,27,31-32,38,45-46,50,52H,10,12-17,44H2,1-6H3/t21-,27+,31-,32-,38-,41?,42?,43-/m1/s1. The van der Waals surface area contributed by atoms with Crippen LogP contribution in [-0.4, -0.2) is 101 Å². The van der Waals surface area contributed by atoms with E-state index in [-0.39, 0.29) is 44.0 Å². The van der Waals surface area contributed by atoms with Gasteiger partial charge in [0.25, 0.3) is 0 Å². The molecule has 16 heteroatoms. The maximum Gasteiger partial charge on any atom is 0.333 e. The molecular weight excluding hydrogens is 779 g/mol. The Labute approximate surface area is 344 Å². The number of aliphatic hydroxyl groups is 1. The lowest BCUT2D eigenvalue weighted by molar-refractivity contribution is -0.196. The topological polar surface area (TPSA) is 190 Å². The summed E-state index contributed by atoms with van der Waals surface area (Å²) >= 11 is 1.52. The van der Waals surface area contributed by atoms with E-state index in [0.29, 0.717) is 64.0 Å². The van der Waals surface area contributed by atoms with Crippen molar-refractivity contribution in [3.63, 3.8) is 0 Å². The Balaban J connectivity index is 1.18. The minimum absolute atomic E-state index is 0.0551. The van der Waals surface area contributed by atoms with Crippen LogP contribution in [0.2, 0.25) is 0 Å². The van der Waals surface area contributed by atoms with Gasteiger partial charge in [0, 0.05) is 83.0 Å². The number of aromatic nitrogens is 1. The zero-order chi connectivity index (χ0) is 41.1. The molecule has 2 unspecified atom stereocenters. The number of aryl methyl sites for hydroxylation is 1. The number of H-pyrrole nitrogens is 1. The van der Waals surface area contributed by atoms with Crippen molar-refractivity contribution in [2.75, 3.05) is 46.5 Å². The van der Waals surface area contributed by atoms with E-state index < -0.39 is 52.1 Å². The van der Waals surface area contributed by atoms with E-state index in [0.717, 1.165) is 33.2 Å². The van der Waals surface area contributed by atoms with Gasteiger partial charge in [-0.15, -0.1) is 11.8 Å². The number of ether oxygens (including phenoxy) is 6. The van der Waals surface area contributed by atoms with Crippen LogP contribution < -0.4 is 34.7 Å². The van der Waals surface area contributed by atoms with Crippen LogP contribution in [0.5, 0.6) is 34.5 Å². The summed E-state index contributed by atoms with van der Waals surface area (Å²) in [4.78, 5) is 36.3. The average Bonchev–Trinajstić information content (AvgIpc) is 3.95. The number of phenolic OH excluding ortho intramolecular Hbond substituents is 1. The molecule has 0 saturated carbocycles. The number of nitrogens with zero attached hydrogens (tertiary/aromatic N) is 2. The zero-order valence-electron chi connectivity index (χ0n) is 33.7. The number of carbonyl (C=O) groups is 2. The van der Waals surface area contributed by atoms with Crippen LogP contribution >= 0.6 is 11.8 Å². The van der Waals surface area contributed by atoms with Gasteiger partial charge in [0.2, 0.25) is 6.79 Å². The highest BCUT2D eigenvalue weighted by Gasteiger charge is 2.72. The average molecular weight is 826 g/mol. The van der Waals surface area contributed by atoms with Crippen LogP contribution in [0, 0.1) is 13.8 Å². The highest BCUT2D eigenvalue weighted by atomic mass is 32.2. The van der Waals surface area contributed by atoms with Crippen molar-refractivity contribution >= 4 is 34.6 Å². The number of methoxy groups -OCH3 is 2. The van der Waals surface area contributed by atoms with Crippen LogP contribution in [0.3, 0.4) is 0 Å². The molecule has 310 valence electrons. The minimum atomic E-state index is -1.41. The Kier molecular flexibility index (Phi) is 7.86. The van der Waals surface area contributed by atoms with Gasteiger partial charge in [0.05, 0.1) is 37.2 Å². The number of piperazine rings is 1. The lowest BCUT2D eigenvalue weighted by Gasteiger charge is -2.59. The molecule has 15 nitrogen and oxygen atoms in total. The van der Waals surface area contributed by atoms with Gasteiger partial charge >= 0.3 is 11.9 Å². The van der Waals surface area contributed by atoms with E-state index >= 15 is 4.79 Å². The molecule has 9 heterocycles. The largest absolute Gasteiger partial charge is 0.504 e. The van der Waals surface area contributed by atoms with Crippen LogP contribution in [0.1, 0.15) is 82.2 Å². The van der Waals surface area contributed by atoms with Crippen molar-refractivity contribution < 1.29 is 48.2 Å². The van der Waals surface area contributed by atoms with Gasteiger partial charge in [-0.1, -0.05) is 0 Å². The van der Waals surface area contributed by atoms with Gasteiger partial charge in [0.15, 0.2) is 28.5 Å². The summed E-state index contributed by atoms with van der Waals surface area (Å²) in [5.41, 5.74) is 9.90. The second-order valence-electron chi connectivity index (χ2n) is 17.3. The maximum atomic E-state index is 15.2. The number of rotatable bonds is 4. The quantitative estimate of drug-likeness (QED) is 0.147. The number of fused-ring (bicyclic) bond motifs is 11. The van der Waals surface area contributed by atoms with Gasteiger partial charge in [-0.05, 0) is 68.1 Å². The third-order valence-corrected chi connectivity index (χ3v) is 15.7. The molecule has 4 bridgehead atoms. The summed E-state index contributed by atoms with van der Waals surface area (Å²) in [6.07, 6.45) is 0.888. The van der Waals surface area contributed by atoms with Crippen LogP contribution in [0.15, 0.2) is 24.3 Å². The van der Waals surface area contributed by atoms with Gasteiger partial charge in [0.1, 0.15) is 23.8 Å². The first-order chi connectivity index (χ1) is 28.3. The fourth-order valence-corrected chi connectivity index (χ4v) is 13.7. The molecule has 3 aromatic carbocycles. The van der Waals surface area contributed by atoms with Crippen molar-refractivity contribution in [2.45, 2.75) is 86.8 Å². The van der Waals surface area contributed by atoms with Crippen molar-refractivity contribution in [1.82, 2.24) is 20.1 Å².